The number of rotatable bonds is 15. The summed E-state index contributed by atoms with van der Waals surface area (Å²) in [6.45, 7) is 9.12. The van der Waals surface area contributed by atoms with Gasteiger partial charge in [-0.25, -0.2) is 0 Å². The molecule has 0 bridgehead atoms. The lowest BCUT2D eigenvalue weighted by Crippen LogP contribution is -2.10. The van der Waals surface area contributed by atoms with Crippen LogP contribution in [0.15, 0.2) is 12.1 Å². The van der Waals surface area contributed by atoms with Crippen molar-refractivity contribution >= 4 is 5.69 Å². The van der Waals surface area contributed by atoms with E-state index in [1.807, 2.05) is 0 Å². The zero-order valence-corrected chi connectivity index (χ0v) is 18.8. The first-order chi connectivity index (χ1) is 13.1. The Labute approximate surface area is 169 Å². The Morgan fingerprint density at radius 3 is 1.30 bits per heavy atom. The van der Waals surface area contributed by atoms with Crippen LogP contribution in [0.1, 0.15) is 128 Å². The predicted octanol–water partition coefficient (Wildman–Crippen LogP) is 8.21. The normalized spacial score (nSPS) is 11.5. The van der Waals surface area contributed by atoms with Crippen LogP contribution in [0.4, 0.5) is 5.69 Å². The standard InChI is InChI=1S/C25H45NO/c1-6-10-14-20(15-11-7-2)23-18-22(27-5)19-24(25(23)26)21(16-12-8-3)17-13-9-4/h18-21H,6-17,26H2,1-5H3. The van der Waals surface area contributed by atoms with E-state index < -0.39 is 0 Å². The number of hydrogen-bond acceptors (Lipinski definition) is 2. The summed E-state index contributed by atoms with van der Waals surface area (Å²) in [6, 6.07) is 4.46. The third-order valence-electron chi connectivity index (χ3n) is 5.96. The second kappa shape index (κ2) is 13.9. The van der Waals surface area contributed by atoms with Gasteiger partial charge in [0.15, 0.2) is 0 Å². The van der Waals surface area contributed by atoms with Crippen molar-refractivity contribution in [3.8, 4) is 5.75 Å². The predicted molar refractivity (Wildman–Crippen MR) is 121 cm³/mol. The highest BCUT2D eigenvalue weighted by molar-refractivity contribution is 5.60. The minimum absolute atomic E-state index is 0.566. The molecule has 0 spiro atoms. The second-order valence-corrected chi connectivity index (χ2v) is 8.18. The first kappa shape index (κ1) is 23.9. The van der Waals surface area contributed by atoms with Gasteiger partial charge in [-0.05, 0) is 60.8 Å². The van der Waals surface area contributed by atoms with Crippen molar-refractivity contribution in [1.29, 1.82) is 0 Å². The highest BCUT2D eigenvalue weighted by Gasteiger charge is 2.22. The van der Waals surface area contributed by atoms with E-state index in [9.17, 15) is 0 Å². The highest BCUT2D eigenvalue weighted by atomic mass is 16.5. The van der Waals surface area contributed by atoms with Crippen molar-refractivity contribution in [1.82, 2.24) is 0 Å². The molecule has 0 aromatic heterocycles. The van der Waals surface area contributed by atoms with Crippen molar-refractivity contribution in [2.24, 2.45) is 0 Å². The van der Waals surface area contributed by atoms with Crippen molar-refractivity contribution in [3.63, 3.8) is 0 Å². The molecule has 0 aliphatic rings. The van der Waals surface area contributed by atoms with Crippen LogP contribution in [0.5, 0.6) is 5.75 Å². The molecule has 0 radical (unpaired) electrons. The Hall–Kier alpha value is -1.18. The van der Waals surface area contributed by atoms with E-state index in [0.717, 1.165) is 11.4 Å². The molecule has 0 amide bonds. The summed E-state index contributed by atoms with van der Waals surface area (Å²) in [5.74, 6) is 2.12. The number of unbranched alkanes of at least 4 members (excludes halogenated alkanes) is 4. The van der Waals surface area contributed by atoms with E-state index >= 15 is 0 Å². The fourth-order valence-electron chi connectivity index (χ4n) is 4.18. The average molecular weight is 376 g/mol. The smallest absolute Gasteiger partial charge is 0.119 e. The van der Waals surface area contributed by atoms with Crippen LogP contribution in [-0.4, -0.2) is 7.11 Å². The summed E-state index contributed by atoms with van der Waals surface area (Å²) in [5.41, 5.74) is 10.6. The Balaban J connectivity index is 3.27. The molecule has 0 fully saturated rings. The molecule has 2 nitrogen and oxygen atoms in total. The molecule has 0 unspecified atom stereocenters. The van der Waals surface area contributed by atoms with E-state index in [-0.39, 0.29) is 0 Å². The van der Waals surface area contributed by atoms with Crippen molar-refractivity contribution in [3.05, 3.63) is 23.3 Å². The van der Waals surface area contributed by atoms with Gasteiger partial charge in [0.2, 0.25) is 0 Å². The maximum absolute atomic E-state index is 6.84. The monoisotopic (exact) mass is 375 g/mol. The van der Waals surface area contributed by atoms with Crippen LogP contribution in [-0.2, 0) is 0 Å². The number of methoxy groups -OCH3 is 1. The molecular weight excluding hydrogens is 330 g/mol. The van der Waals surface area contributed by atoms with Crippen molar-refractivity contribution < 1.29 is 4.74 Å². The van der Waals surface area contributed by atoms with Crippen LogP contribution >= 0.6 is 0 Å². The van der Waals surface area contributed by atoms with Gasteiger partial charge in [-0.15, -0.1) is 0 Å². The molecule has 2 heteroatoms. The molecule has 0 heterocycles. The van der Waals surface area contributed by atoms with Gasteiger partial charge in [-0.2, -0.15) is 0 Å². The minimum Gasteiger partial charge on any atom is -0.497 e. The molecule has 0 aliphatic carbocycles. The van der Waals surface area contributed by atoms with E-state index in [0.29, 0.717) is 11.8 Å². The highest BCUT2D eigenvalue weighted by Crippen LogP contribution is 2.41. The van der Waals surface area contributed by atoms with Crippen molar-refractivity contribution in [2.75, 3.05) is 12.8 Å². The molecule has 156 valence electrons. The maximum atomic E-state index is 6.84. The van der Waals surface area contributed by atoms with E-state index in [1.54, 1.807) is 7.11 Å². The van der Waals surface area contributed by atoms with Gasteiger partial charge in [0.1, 0.15) is 5.75 Å². The molecule has 0 aliphatic heterocycles. The van der Waals surface area contributed by atoms with Crippen LogP contribution in [0.3, 0.4) is 0 Å². The Bertz CT molecular complexity index is 454. The topological polar surface area (TPSA) is 35.2 Å². The van der Waals surface area contributed by atoms with Gasteiger partial charge in [-0.3, -0.25) is 0 Å². The number of benzene rings is 1. The zero-order chi connectivity index (χ0) is 20.1. The van der Waals surface area contributed by atoms with E-state index in [4.69, 9.17) is 10.5 Å². The van der Waals surface area contributed by atoms with E-state index in [2.05, 4.69) is 39.8 Å². The largest absolute Gasteiger partial charge is 0.497 e. The number of hydrogen-bond donors (Lipinski definition) is 1. The number of nitrogens with two attached hydrogens (primary N) is 1. The fourth-order valence-corrected chi connectivity index (χ4v) is 4.18. The molecule has 27 heavy (non-hydrogen) atoms. The van der Waals surface area contributed by atoms with Crippen LogP contribution in [0.25, 0.3) is 0 Å². The Kier molecular flexibility index (Phi) is 12.3. The molecular formula is C25H45NO. The Morgan fingerprint density at radius 2 is 1.04 bits per heavy atom. The zero-order valence-electron chi connectivity index (χ0n) is 18.8. The molecule has 1 rings (SSSR count). The quantitative estimate of drug-likeness (QED) is 0.313. The summed E-state index contributed by atoms with van der Waals surface area (Å²) in [6.07, 6.45) is 15.0. The van der Waals surface area contributed by atoms with Crippen LogP contribution in [0.2, 0.25) is 0 Å². The van der Waals surface area contributed by atoms with Gasteiger partial charge in [-0.1, -0.05) is 79.1 Å². The number of ether oxygens (including phenoxy) is 1. The lowest BCUT2D eigenvalue weighted by atomic mass is 9.82. The third-order valence-corrected chi connectivity index (χ3v) is 5.96. The minimum atomic E-state index is 0.566. The van der Waals surface area contributed by atoms with Gasteiger partial charge >= 0.3 is 0 Å². The molecule has 1 aromatic carbocycles. The fraction of sp³-hybridized carbons (Fsp3) is 0.760. The summed E-state index contributed by atoms with van der Waals surface area (Å²) < 4.78 is 5.71. The van der Waals surface area contributed by atoms with E-state index in [1.165, 1.54) is 88.2 Å². The molecule has 0 saturated heterocycles. The number of nitrogen functional groups attached to an aromatic ring is 1. The van der Waals surface area contributed by atoms with Gasteiger partial charge in [0, 0.05) is 5.69 Å². The van der Waals surface area contributed by atoms with Crippen LogP contribution in [0, 0.1) is 0 Å². The first-order valence-electron chi connectivity index (χ1n) is 11.6. The van der Waals surface area contributed by atoms with Gasteiger partial charge in [0.05, 0.1) is 7.11 Å². The average Bonchev–Trinajstić information content (AvgIpc) is 2.69. The lowest BCUT2D eigenvalue weighted by Gasteiger charge is -2.26. The van der Waals surface area contributed by atoms with Crippen molar-refractivity contribution in [2.45, 2.75) is 117 Å². The molecule has 2 N–H and O–H groups in total. The molecule has 1 aromatic rings. The third kappa shape index (κ3) is 7.76. The lowest BCUT2D eigenvalue weighted by molar-refractivity contribution is 0.411. The van der Waals surface area contributed by atoms with Crippen LogP contribution < -0.4 is 10.5 Å². The number of anilines is 1. The summed E-state index contributed by atoms with van der Waals surface area (Å²) in [5, 5.41) is 0. The summed E-state index contributed by atoms with van der Waals surface area (Å²) in [4.78, 5) is 0. The van der Waals surface area contributed by atoms with Gasteiger partial charge < -0.3 is 10.5 Å². The Morgan fingerprint density at radius 1 is 0.704 bits per heavy atom. The summed E-state index contributed by atoms with van der Waals surface area (Å²) >= 11 is 0. The summed E-state index contributed by atoms with van der Waals surface area (Å²) in [7, 11) is 1.79. The maximum Gasteiger partial charge on any atom is 0.119 e. The molecule has 0 saturated carbocycles. The first-order valence-corrected chi connectivity index (χ1v) is 11.6. The van der Waals surface area contributed by atoms with Gasteiger partial charge in [0.25, 0.3) is 0 Å². The second-order valence-electron chi connectivity index (χ2n) is 8.18. The molecule has 0 atom stereocenters. The SMILES string of the molecule is CCCCC(CCCC)c1cc(OC)cc(C(CCCC)CCCC)c1N.